The molecule has 4 aliphatic carbocycles. The van der Waals surface area contributed by atoms with Gasteiger partial charge in [0.1, 0.15) is 0 Å². The summed E-state index contributed by atoms with van der Waals surface area (Å²) in [6.45, 7) is 4.39. The molecule has 122 valence electrons. The fraction of sp³-hybridized carbons (Fsp3) is 0.889. The topological polar surface area (TPSA) is 28.0 Å². The van der Waals surface area contributed by atoms with E-state index in [1.807, 2.05) is 11.8 Å². The van der Waals surface area contributed by atoms with Gasteiger partial charge in [0, 0.05) is 24.3 Å². The van der Waals surface area contributed by atoms with Gasteiger partial charge in [-0.2, -0.15) is 5.10 Å². The lowest BCUT2D eigenvalue weighted by Crippen LogP contribution is -2.52. The van der Waals surface area contributed by atoms with Gasteiger partial charge in [0.05, 0.1) is 5.71 Å². The second-order valence-corrected chi connectivity index (χ2v) is 9.17. The van der Waals surface area contributed by atoms with Crippen molar-refractivity contribution in [3.05, 3.63) is 0 Å². The van der Waals surface area contributed by atoms with E-state index in [2.05, 4.69) is 25.9 Å². The van der Waals surface area contributed by atoms with E-state index in [1.165, 1.54) is 44.2 Å². The van der Waals surface area contributed by atoms with Crippen LogP contribution >= 0.6 is 11.8 Å². The van der Waals surface area contributed by atoms with Gasteiger partial charge >= 0.3 is 0 Å². The maximum absolute atomic E-state index is 5.04. The molecular weight excluding hydrogens is 290 g/mol. The summed E-state index contributed by atoms with van der Waals surface area (Å²) in [7, 11) is 2.09. The largest absolute Gasteiger partial charge is 0.258 e. The lowest BCUT2D eigenvalue weighted by molar-refractivity contribution is -0.0130. The number of aliphatic imine (C=N–C) groups is 1. The molecule has 0 aromatic carbocycles. The van der Waals surface area contributed by atoms with E-state index in [0.717, 1.165) is 35.1 Å². The van der Waals surface area contributed by atoms with Gasteiger partial charge in [0.25, 0.3) is 0 Å². The normalized spacial score (nSPS) is 43.6. The molecule has 1 aliphatic heterocycles. The Morgan fingerprint density at radius 2 is 1.82 bits per heavy atom. The van der Waals surface area contributed by atoms with Crippen LogP contribution in [0.15, 0.2) is 10.1 Å². The number of hydrazone groups is 1. The fourth-order valence-corrected chi connectivity index (χ4v) is 6.71. The maximum Gasteiger partial charge on any atom is 0.180 e. The first-order valence-electron chi connectivity index (χ1n) is 9.10. The van der Waals surface area contributed by atoms with Crippen molar-refractivity contribution in [3.8, 4) is 0 Å². The first-order valence-corrected chi connectivity index (χ1v) is 10.1. The van der Waals surface area contributed by atoms with Crippen molar-refractivity contribution in [1.29, 1.82) is 0 Å². The molecule has 1 heterocycles. The molecule has 0 spiro atoms. The van der Waals surface area contributed by atoms with Crippen LogP contribution in [-0.2, 0) is 0 Å². The summed E-state index contributed by atoms with van der Waals surface area (Å²) < 4.78 is 0. The zero-order chi connectivity index (χ0) is 15.3. The molecular formula is C18H29N3S. The van der Waals surface area contributed by atoms with E-state index in [-0.39, 0.29) is 0 Å². The molecule has 4 fully saturated rings. The molecule has 1 unspecified atom stereocenters. The number of rotatable bonds is 3. The van der Waals surface area contributed by atoms with Gasteiger partial charge in [-0.25, -0.2) is 5.01 Å². The van der Waals surface area contributed by atoms with Crippen molar-refractivity contribution >= 4 is 22.6 Å². The van der Waals surface area contributed by atoms with Crippen LogP contribution in [0.25, 0.3) is 0 Å². The van der Waals surface area contributed by atoms with E-state index in [0.29, 0.717) is 11.5 Å². The Labute approximate surface area is 139 Å². The lowest BCUT2D eigenvalue weighted by Gasteiger charge is -2.57. The van der Waals surface area contributed by atoms with Crippen LogP contribution < -0.4 is 0 Å². The number of thioether (sulfide) groups is 1. The highest BCUT2D eigenvalue weighted by molar-refractivity contribution is 8.14. The summed E-state index contributed by atoms with van der Waals surface area (Å²) in [5, 5.41) is 8.22. The average Bonchev–Trinajstić information content (AvgIpc) is 2.47. The minimum atomic E-state index is 0.404. The van der Waals surface area contributed by atoms with Gasteiger partial charge in [0.15, 0.2) is 5.17 Å². The molecule has 0 aromatic rings. The van der Waals surface area contributed by atoms with E-state index in [4.69, 9.17) is 10.1 Å². The van der Waals surface area contributed by atoms with Crippen LogP contribution in [0.1, 0.15) is 58.8 Å². The Morgan fingerprint density at radius 1 is 1.23 bits per heavy atom. The maximum atomic E-state index is 5.04. The fourth-order valence-electron chi connectivity index (χ4n) is 5.60. The second-order valence-electron chi connectivity index (χ2n) is 8.23. The van der Waals surface area contributed by atoms with Gasteiger partial charge in [-0.05, 0) is 69.6 Å². The zero-order valence-corrected chi connectivity index (χ0v) is 15.0. The highest BCUT2D eigenvalue weighted by Crippen LogP contribution is 2.61. The first kappa shape index (κ1) is 15.0. The summed E-state index contributed by atoms with van der Waals surface area (Å²) in [5.74, 6) is 4.07. The minimum absolute atomic E-state index is 0.404. The monoisotopic (exact) mass is 319 g/mol. The van der Waals surface area contributed by atoms with E-state index < -0.39 is 0 Å². The molecule has 0 saturated heterocycles. The highest BCUT2D eigenvalue weighted by atomic mass is 32.2. The Bertz CT molecular complexity index is 475. The van der Waals surface area contributed by atoms with E-state index in [1.54, 1.807) is 0 Å². The van der Waals surface area contributed by atoms with Gasteiger partial charge in [-0.3, -0.25) is 4.99 Å². The van der Waals surface area contributed by atoms with Crippen molar-refractivity contribution in [3.63, 3.8) is 0 Å². The molecule has 0 amide bonds. The number of nitrogens with zero attached hydrogens (tertiary/aromatic N) is 3. The predicted octanol–water partition coefficient (Wildman–Crippen LogP) is 4.39. The summed E-state index contributed by atoms with van der Waals surface area (Å²) in [6, 6.07) is 0.404. The minimum Gasteiger partial charge on any atom is -0.258 e. The molecule has 22 heavy (non-hydrogen) atoms. The van der Waals surface area contributed by atoms with Crippen LogP contribution in [0.4, 0.5) is 0 Å². The second kappa shape index (κ2) is 5.54. The van der Waals surface area contributed by atoms with Crippen molar-refractivity contribution < 1.29 is 0 Å². The summed E-state index contributed by atoms with van der Waals surface area (Å²) in [6.07, 6.45) is 9.89. The van der Waals surface area contributed by atoms with Crippen LogP contribution in [0.5, 0.6) is 0 Å². The molecule has 5 aliphatic rings. The summed E-state index contributed by atoms with van der Waals surface area (Å²) in [4.78, 5) is 4.81. The van der Waals surface area contributed by atoms with Crippen molar-refractivity contribution in [2.45, 2.75) is 64.8 Å². The third-order valence-corrected chi connectivity index (χ3v) is 7.50. The molecule has 0 N–H and O–H groups in total. The van der Waals surface area contributed by atoms with Gasteiger partial charge in [0.2, 0.25) is 0 Å². The van der Waals surface area contributed by atoms with Gasteiger partial charge in [-0.1, -0.05) is 18.7 Å². The van der Waals surface area contributed by atoms with Crippen LogP contribution in [0.2, 0.25) is 0 Å². The van der Waals surface area contributed by atoms with Gasteiger partial charge in [-0.15, -0.1) is 0 Å². The Hall–Kier alpha value is -0.510. The van der Waals surface area contributed by atoms with Crippen LogP contribution in [0.3, 0.4) is 0 Å². The Morgan fingerprint density at radius 3 is 2.32 bits per heavy atom. The Kier molecular flexibility index (Phi) is 3.79. The first-order chi connectivity index (χ1) is 10.6. The zero-order valence-electron chi connectivity index (χ0n) is 14.2. The predicted molar refractivity (Wildman–Crippen MR) is 95.4 cm³/mol. The van der Waals surface area contributed by atoms with E-state index in [9.17, 15) is 0 Å². The molecule has 4 heteroatoms. The third kappa shape index (κ3) is 2.51. The molecule has 0 aromatic heterocycles. The molecule has 3 nitrogen and oxygen atoms in total. The average molecular weight is 320 g/mol. The van der Waals surface area contributed by atoms with Gasteiger partial charge < -0.3 is 0 Å². The molecule has 1 atom stereocenters. The summed E-state index contributed by atoms with van der Waals surface area (Å²) in [5.41, 5.74) is 1.94. The molecule has 5 rings (SSSR count). The number of hydrogen-bond acceptors (Lipinski definition) is 3. The quantitative estimate of drug-likeness (QED) is 0.771. The smallest absolute Gasteiger partial charge is 0.180 e. The van der Waals surface area contributed by atoms with Crippen LogP contribution in [0, 0.1) is 23.2 Å². The van der Waals surface area contributed by atoms with Crippen molar-refractivity contribution in [2.24, 2.45) is 33.3 Å². The number of amidine groups is 1. The lowest BCUT2D eigenvalue weighted by atomic mass is 9.48. The summed E-state index contributed by atoms with van der Waals surface area (Å²) >= 11 is 1.92. The third-order valence-electron chi connectivity index (χ3n) is 6.46. The molecule has 0 radical (unpaired) electrons. The van der Waals surface area contributed by atoms with E-state index >= 15 is 0 Å². The van der Waals surface area contributed by atoms with Crippen molar-refractivity contribution in [1.82, 2.24) is 5.01 Å². The standard InChI is InChI=1S/C18H29N3S/c1-4-12(2)19-17-21(3)20-16(11-22-17)18-8-13-5-14(9-18)7-15(6-13)10-18/h12-15H,4-11H2,1-3H3. The van der Waals surface area contributed by atoms with Crippen LogP contribution in [-0.4, -0.2) is 34.7 Å². The van der Waals surface area contributed by atoms with Crippen molar-refractivity contribution in [2.75, 3.05) is 12.8 Å². The SMILES string of the molecule is CCC(C)N=C1SCC(C23CC4CC(CC(C4)C2)C3)=NN1C. The molecule has 4 saturated carbocycles. The Balaban J connectivity index is 1.57. The number of hydrogen-bond donors (Lipinski definition) is 0. The highest BCUT2D eigenvalue weighted by Gasteiger charge is 2.53. The molecule has 4 bridgehead atoms.